The molecule has 138 valence electrons. The lowest BCUT2D eigenvalue weighted by Crippen LogP contribution is -2.41. The molecule has 1 aliphatic heterocycles. The molecule has 3 heterocycles. The molecule has 0 N–H and O–H groups in total. The van der Waals surface area contributed by atoms with E-state index in [9.17, 15) is 0 Å². The van der Waals surface area contributed by atoms with Crippen LogP contribution in [0.2, 0.25) is 0 Å². The van der Waals surface area contributed by atoms with Gasteiger partial charge in [0.25, 0.3) is 0 Å². The molecule has 0 saturated carbocycles. The highest BCUT2D eigenvalue weighted by molar-refractivity contribution is 5.56. The third kappa shape index (κ3) is 3.84. The molecule has 1 aromatic carbocycles. The summed E-state index contributed by atoms with van der Waals surface area (Å²) in [7, 11) is 0. The number of benzene rings is 1. The van der Waals surface area contributed by atoms with Crippen LogP contribution in [0.3, 0.4) is 0 Å². The summed E-state index contributed by atoms with van der Waals surface area (Å²) >= 11 is 0. The maximum absolute atomic E-state index is 6.11. The zero-order chi connectivity index (χ0) is 18.6. The Balaban J connectivity index is 1.56. The maximum atomic E-state index is 6.11. The summed E-state index contributed by atoms with van der Waals surface area (Å²) in [5.41, 5.74) is 1.83. The van der Waals surface area contributed by atoms with Crippen LogP contribution in [0.25, 0.3) is 11.4 Å². The number of aromatic nitrogens is 3. The Hall–Kier alpha value is -3.15. The lowest BCUT2D eigenvalue weighted by atomic mass is 10.2. The van der Waals surface area contributed by atoms with Crippen LogP contribution in [0.4, 0.5) is 5.82 Å². The zero-order valence-electron chi connectivity index (χ0n) is 15.5. The van der Waals surface area contributed by atoms with Gasteiger partial charge < -0.3 is 14.4 Å². The van der Waals surface area contributed by atoms with E-state index < -0.39 is 0 Å². The van der Waals surface area contributed by atoms with E-state index in [1.165, 1.54) is 0 Å². The number of likely N-dealkylation sites (N-methyl/N-ethyl adjacent to an activating group) is 1. The first-order valence-electron chi connectivity index (χ1n) is 9.12. The molecule has 1 aliphatic rings. The third-order valence-electron chi connectivity index (χ3n) is 4.46. The molecule has 6 nitrogen and oxygen atoms in total. The number of fused-ring (bicyclic) bond motifs is 1. The van der Waals surface area contributed by atoms with Crippen LogP contribution in [0.5, 0.6) is 11.5 Å². The van der Waals surface area contributed by atoms with Crippen molar-refractivity contribution in [2.75, 3.05) is 24.6 Å². The highest BCUT2D eigenvalue weighted by Crippen LogP contribution is 2.31. The molecule has 1 unspecified atom stereocenters. The van der Waals surface area contributed by atoms with Crippen molar-refractivity contribution < 1.29 is 9.47 Å². The molecule has 2 aromatic heterocycles. The minimum absolute atomic E-state index is 0.0584. The van der Waals surface area contributed by atoms with Gasteiger partial charge in [-0.1, -0.05) is 12.1 Å². The number of pyridine rings is 1. The molecule has 0 saturated heterocycles. The average molecular weight is 362 g/mol. The molecule has 0 spiro atoms. The van der Waals surface area contributed by atoms with Gasteiger partial charge in [-0.25, -0.2) is 9.97 Å². The molecule has 0 aliphatic carbocycles. The minimum Gasteiger partial charge on any atom is -0.486 e. The van der Waals surface area contributed by atoms with Gasteiger partial charge in [-0.05, 0) is 38.1 Å². The number of hydrogen-bond acceptors (Lipinski definition) is 6. The SMILES string of the molecule is CCN(CC1COc2ccccc2O1)c1cc(C)nc(-c2cccnc2)n1. The lowest BCUT2D eigenvalue weighted by molar-refractivity contribution is 0.0953. The lowest BCUT2D eigenvalue weighted by Gasteiger charge is -2.31. The molecule has 0 bridgehead atoms. The van der Waals surface area contributed by atoms with Gasteiger partial charge in [-0.15, -0.1) is 0 Å². The smallest absolute Gasteiger partial charge is 0.163 e. The fraction of sp³-hybridized carbons (Fsp3) is 0.286. The van der Waals surface area contributed by atoms with E-state index in [-0.39, 0.29) is 6.10 Å². The monoisotopic (exact) mass is 362 g/mol. The Morgan fingerprint density at radius 1 is 1.11 bits per heavy atom. The molecule has 0 amide bonds. The topological polar surface area (TPSA) is 60.4 Å². The quantitative estimate of drug-likeness (QED) is 0.692. The van der Waals surface area contributed by atoms with Gasteiger partial charge >= 0.3 is 0 Å². The van der Waals surface area contributed by atoms with Crippen LogP contribution >= 0.6 is 0 Å². The minimum atomic E-state index is -0.0584. The van der Waals surface area contributed by atoms with Gasteiger partial charge in [0.05, 0.1) is 6.54 Å². The molecular formula is C21H22N4O2. The van der Waals surface area contributed by atoms with E-state index in [1.54, 1.807) is 12.4 Å². The van der Waals surface area contributed by atoms with E-state index in [4.69, 9.17) is 14.5 Å². The molecule has 1 atom stereocenters. The molecular weight excluding hydrogens is 340 g/mol. The van der Waals surface area contributed by atoms with E-state index in [2.05, 4.69) is 21.8 Å². The van der Waals surface area contributed by atoms with Crippen LogP contribution in [0.1, 0.15) is 12.6 Å². The van der Waals surface area contributed by atoms with Gasteiger partial charge in [-0.3, -0.25) is 4.98 Å². The van der Waals surface area contributed by atoms with Crippen LogP contribution in [0, 0.1) is 6.92 Å². The first kappa shape index (κ1) is 17.3. The normalized spacial score (nSPS) is 15.4. The fourth-order valence-electron chi connectivity index (χ4n) is 3.12. The number of nitrogens with zero attached hydrogens (tertiary/aromatic N) is 4. The van der Waals surface area contributed by atoms with Crippen LogP contribution in [-0.4, -0.2) is 40.8 Å². The Labute approximate surface area is 158 Å². The highest BCUT2D eigenvalue weighted by atomic mass is 16.6. The summed E-state index contributed by atoms with van der Waals surface area (Å²) in [5.74, 6) is 3.15. The van der Waals surface area contributed by atoms with Crippen molar-refractivity contribution in [1.29, 1.82) is 0 Å². The molecule has 6 heteroatoms. The number of aryl methyl sites for hydroxylation is 1. The molecule has 0 radical (unpaired) electrons. The largest absolute Gasteiger partial charge is 0.486 e. The van der Waals surface area contributed by atoms with E-state index >= 15 is 0 Å². The van der Waals surface area contributed by atoms with Crippen LogP contribution < -0.4 is 14.4 Å². The van der Waals surface area contributed by atoms with E-state index in [0.717, 1.165) is 35.1 Å². The van der Waals surface area contributed by atoms with Crippen molar-refractivity contribution in [3.05, 3.63) is 60.6 Å². The van der Waals surface area contributed by atoms with Crippen LogP contribution in [-0.2, 0) is 0 Å². The van der Waals surface area contributed by atoms with Gasteiger partial charge in [0, 0.05) is 36.3 Å². The maximum Gasteiger partial charge on any atom is 0.163 e. The first-order valence-corrected chi connectivity index (χ1v) is 9.12. The highest BCUT2D eigenvalue weighted by Gasteiger charge is 2.23. The van der Waals surface area contributed by atoms with E-state index in [0.29, 0.717) is 19.0 Å². The summed E-state index contributed by atoms with van der Waals surface area (Å²) in [4.78, 5) is 15.7. The molecule has 3 aromatic rings. The van der Waals surface area contributed by atoms with Crippen molar-refractivity contribution in [2.45, 2.75) is 20.0 Å². The van der Waals surface area contributed by atoms with Crippen molar-refractivity contribution in [2.24, 2.45) is 0 Å². The van der Waals surface area contributed by atoms with Crippen molar-refractivity contribution in [1.82, 2.24) is 15.0 Å². The Bertz CT molecular complexity index is 917. The number of rotatable bonds is 5. The van der Waals surface area contributed by atoms with Crippen molar-refractivity contribution in [3.63, 3.8) is 0 Å². The Morgan fingerprint density at radius 3 is 2.74 bits per heavy atom. The fourth-order valence-corrected chi connectivity index (χ4v) is 3.12. The summed E-state index contributed by atoms with van der Waals surface area (Å²) in [6.45, 7) is 6.11. The average Bonchev–Trinajstić information content (AvgIpc) is 2.72. The Kier molecular flexibility index (Phi) is 4.87. The molecule has 4 rings (SSSR count). The number of ether oxygens (including phenoxy) is 2. The van der Waals surface area contributed by atoms with Crippen molar-refractivity contribution in [3.8, 4) is 22.9 Å². The number of anilines is 1. The second-order valence-electron chi connectivity index (χ2n) is 6.47. The van der Waals surface area contributed by atoms with Crippen molar-refractivity contribution >= 4 is 5.82 Å². The first-order chi connectivity index (χ1) is 13.2. The van der Waals surface area contributed by atoms with Gasteiger partial charge in [0.2, 0.25) is 0 Å². The number of hydrogen-bond donors (Lipinski definition) is 0. The Morgan fingerprint density at radius 2 is 1.96 bits per heavy atom. The standard InChI is InChI=1S/C21H22N4O2/c1-3-25(13-17-14-26-18-8-4-5-9-19(18)27-17)20-11-15(2)23-21(24-20)16-7-6-10-22-12-16/h4-12,17H,3,13-14H2,1-2H3. The number of para-hydroxylation sites is 2. The third-order valence-corrected chi connectivity index (χ3v) is 4.46. The predicted molar refractivity (Wildman–Crippen MR) is 104 cm³/mol. The van der Waals surface area contributed by atoms with E-state index in [1.807, 2.05) is 49.4 Å². The van der Waals surface area contributed by atoms with Gasteiger partial charge in [-0.2, -0.15) is 0 Å². The summed E-state index contributed by atoms with van der Waals surface area (Å²) < 4.78 is 12.0. The second-order valence-corrected chi connectivity index (χ2v) is 6.47. The zero-order valence-corrected chi connectivity index (χ0v) is 15.5. The molecule has 0 fully saturated rings. The van der Waals surface area contributed by atoms with Gasteiger partial charge in [0.1, 0.15) is 12.4 Å². The second kappa shape index (κ2) is 7.61. The predicted octanol–water partition coefficient (Wildman–Crippen LogP) is 3.51. The summed E-state index contributed by atoms with van der Waals surface area (Å²) in [6.07, 6.45) is 3.47. The van der Waals surface area contributed by atoms with Gasteiger partial charge in [0.15, 0.2) is 23.4 Å². The summed E-state index contributed by atoms with van der Waals surface area (Å²) in [6, 6.07) is 13.6. The molecule has 27 heavy (non-hydrogen) atoms. The summed E-state index contributed by atoms with van der Waals surface area (Å²) in [5, 5.41) is 0. The van der Waals surface area contributed by atoms with Crippen LogP contribution in [0.15, 0.2) is 54.9 Å².